The molecule has 3 fully saturated rings. The number of fused-ring (bicyclic) bond motifs is 2. The molecule has 0 spiro atoms. The van der Waals surface area contributed by atoms with Gasteiger partial charge >= 0.3 is 0 Å². The third kappa shape index (κ3) is 3.07. The van der Waals surface area contributed by atoms with Gasteiger partial charge in [-0.2, -0.15) is 0 Å². The summed E-state index contributed by atoms with van der Waals surface area (Å²) < 4.78 is 0. The molecule has 4 amide bonds. The van der Waals surface area contributed by atoms with E-state index in [1.165, 1.54) is 0 Å². The predicted octanol–water partition coefficient (Wildman–Crippen LogP) is -0.0150. The predicted molar refractivity (Wildman–Crippen MR) is 103 cm³/mol. The van der Waals surface area contributed by atoms with Crippen LogP contribution in [0.25, 0.3) is 0 Å². The molecular weight excluding hydrogens is 372 g/mol. The third-order valence-electron chi connectivity index (χ3n) is 6.75. The van der Waals surface area contributed by atoms with E-state index in [4.69, 9.17) is 0 Å². The molecular formula is C21H24N4O4. The lowest BCUT2D eigenvalue weighted by Gasteiger charge is -2.27. The zero-order chi connectivity index (χ0) is 20.3. The van der Waals surface area contributed by atoms with Crippen molar-refractivity contribution in [3.63, 3.8) is 0 Å². The number of carbonyl (C=O) groups excluding carboxylic acids is 4. The lowest BCUT2D eigenvalue weighted by Crippen LogP contribution is -2.54. The molecule has 0 radical (unpaired) electrons. The number of imide groups is 2. The van der Waals surface area contributed by atoms with Crippen LogP contribution in [0.2, 0.25) is 0 Å². The maximum atomic E-state index is 12.9. The van der Waals surface area contributed by atoms with Crippen molar-refractivity contribution in [1.82, 2.24) is 20.4 Å². The van der Waals surface area contributed by atoms with E-state index in [0.717, 1.165) is 47.9 Å². The molecule has 3 aliphatic heterocycles. The number of nitrogens with zero attached hydrogens (tertiary/aromatic N) is 2. The largest absolute Gasteiger partial charge is 0.316 e. The number of amides is 4. The van der Waals surface area contributed by atoms with Crippen molar-refractivity contribution in [2.24, 2.45) is 17.8 Å². The Morgan fingerprint density at radius 3 is 2.52 bits per heavy atom. The fourth-order valence-corrected chi connectivity index (χ4v) is 5.17. The summed E-state index contributed by atoms with van der Waals surface area (Å²) in [6.07, 6.45) is 0.294. The Bertz CT molecular complexity index is 919. The van der Waals surface area contributed by atoms with Crippen molar-refractivity contribution in [3.05, 3.63) is 34.9 Å². The molecule has 29 heavy (non-hydrogen) atoms. The van der Waals surface area contributed by atoms with Crippen LogP contribution in [-0.2, 0) is 16.1 Å². The summed E-state index contributed by atoms with van der Waals surface area (Å²) >= 11 is 0. The molecule has 2 N–H and O–H groups in total. The van der Waals surface area contributed by atoms with Crippen LogP contribution in [0.5, 0.6) is 0 Å². The highest BCUT2D eigenvalue weighted by atomic mass is 16.2. The van der Waals surface area contributed by atoms with E-state index in [-0.39, 0.29) is 18.7 Å². The molecule has 2 unspecified atom stereocenters. The normalized spacial score (nSPS) is 30.6. The van der Waals surface area contributed by atoms with Gasteiger partial charge < -0.3 is 10.2 Å². The zero-order valence-electron chi connectivity index (χ0n) is 16.3. The third-order valence-corrected chi connectivity index (χ3v) is 6.75. The van der Waals surface area contributed by atoms with Crippen LogP contribution >= 0.6 is 0 Å². The molecule has 152 valence electrons. The number of carbonyl (C=O) groups is 4. The van der Waals surface area contributed by atoms with Gasteiger partial charge in [0.2, 0.25) is 11.8 Å². The summed E-state index contributed by atoms with van der Waals surface area (Å²) in [7, 11) is 2.08. The Morgan fingerprint density at radius 2 is 1.79 bits per heavy atom. The van der Waals surface area contributed by atoms with E-state index in [1.807, 2.05) is 6.07 Å². The van der Waals surface area contributed by atoms with E-state index in [2.05, 4.69) is 22.6 Å². The maximum absolute atomic E-state index is 12.9. The van der Waals surface area contributed by atoms with Crippen molar-refractivity contribution in [1.29, 1.82) is 0 Å². The minimum atomic E-state index is -0.922. The molecule has 1 aliphatic carbocycles. The van der Waals surface area contributed by atoms with Gasteiger partial charge in [0.1, 0.15) is 6.04 Å². The van der Waals surface area contributed by atoms with Crippen LogP contribution in [0.4, 0.5) is 0 Å². The first kappa shape index (κ1) is 18.4. The van der Waals surface area contributed by atoms with Gasteiger partial charge in [0.05, 0.1) is 11.1 Å². The molecule has 2 saturated heterocycles. The van der Waals surface area contributed by atoms with Crippen molar-refractivity contribution >= 4 is 23.6 Å². The fourth-order valence-electron chi connectivity index (χ4n) is 5.17. The van der Waals surface area contributed by atoms with Crippen LogP contribution in [0.1, 0.15) is 39.1 Å². The molecule has 1 saturated carbocycles. The van der Waals surface area contributed by atoms with Gasteiger partial charge in [0.15, 0.2) is 0 Å². The average Bonchev–Trinajstić information content (AvgIpc) is 3.01. The van der Waals surface area contributed by atoms with Crippen LogP contribution in [0.3, 0.4) is 0 Å². The molecule has 1 aromatic rings. The van der Waals surface area contributed by atoms with E-state index in [0.29, 0.717) is 17.7 Å². The van der Waals surface area contributed by atoms with Crippen LogP contribution in [-0.4, -0.2) is 66.2 Å². The average molecular weight is 396 g/mol. The van der Waals surface area contributed by atoms with E-state index < -0.39 is 23.8 Å². The molecule has 0 aromatic heterocycles. The Labute approximate surface area is 168 Å². The van der Waals surface area contributed by atoms with Gasteiger partial charge in [-0.25, -0.2) is 0 Å². The van der Waals surface area contributed by atoms with Crippen LogP contribution in [0.15, 0.2) is 18.2 Å². The SMILES string of the molecule is CN(Cc1ccc2c(c1)C(=O)N(C1CCC(=O)NC1=O)C2=O)CC1[C@H]2CNC[C@@H]12. The number of hydrogen-bond acceptors (Lipinski definition) is 6. The Morgan fingerprint density at radius 1 is 1.07 bits per heavy atom. The van der Waals surface area contributed by atoms with Gasteiger partial charge in [0, 0.05) is 19.5 Å². The second-order valence-electron chi connectivity index (χ2n) is 8.67. The molecule has 4 aliphatic rings. The first-order chi connectivity index (χ1) is 13.9. The summed E-state index contributed by atoms with van der Waals surface area (Å²) in [5, 5.41) is 5.63. The number of nitrogens with one attached hydrogen (secondary N) is 2. The number of benzene rings is 1. The van der Waals surface area contributed by atoms with Gasteiger partial charge in [-0.05, 0) is 62.0 Å². The summed E-state index contributed by atoms with van der Waals surface area (Å²) in [6.45, 7) is 3.98. The van der Waals surface area contributed by atoms with Gasteiger partial charge in [0.25, 0.3) is 11.8 Å². The van der Waals surface area contributed by atoms with Gasteiger partial charge in [-0.15, -0.1) is 0 Å². The molecule has 1 aromatic carbocycles. The molecule has 3 heterocycles. The fraction of sp³-hybridized carbons (Fsp3) is 0.524. The lowest BCUT2D eigenvalue weighted by atomic mass is 10.0. The summed E-state index contributed by atoms with van der Waals surface area (Å²) in [5.41, 5.74) is 1.65. The maximum Gasteiger partial charge on any atom is 0.262 e. The lowest BCUT2D eigenvalue weighted by molar-refractivity contribution is -0.136. The molecule has 5 rings (SSSR count). The van der Waals surface area contributed by atoms with E-state index >= 15 is 0 Å². The smallest absolute Gasteiger partial charge is 0.262 e. The molecule has 0 bridgehead atoms. The quantitative estimate of drug-likeness (QED) is 0.679. The van der Waals surface area contributed by atoms with Gasteiger partial charge in [-0.3, -0.25) is 29.4 Å². The Hall–Kier alpha value is -2.58. The molecule has 8 heteroatoms. The van der Waals surface area contributed by atoms with Gasteiger partial charge in [-0.1, -0.05) is 6.07 Å². The van der Waals surface area contributed by atoms with Crippen molar-refractivity contribution in [2.75, 3.05) is 26.7 Å². The Balaban J connectivity index is 1.29. The standard InChI is InChI=1S/C21H24N4O4/c1-24(10-16-14-7-22-8-15(14)16)9-11-2-3-12-13(6-11)21(29)25(20(12)28)17-4-5-18(26)23-19(17)27/h2-3,6,14-17,22H,4-5,7-10H2,1H3,(H,23,26,27)/t14-,15+,16?,17?. The van der Waals surface area contributed by atoms with Crippen molar-refractivity contribution in [3.8, 4) is 0 Å². The van der Waals surface area contributed by atoms with Crippen LogP contribution < -0.4 is 10.6 Å². The second-order valence-corrected chi connectivity index (χ2v) is 8.67. The minimum absolute atomic E-state index is 0.124. The highest BCUT2D eigenvalue weighted by molar-refractivity contribution is 6.23. The highest BCUT2D eigenvalue weighted by Crippen LogP contribution is 2.48. The number of piperidine rings is 2. The first-order valence-electron chi connectivity index (χ1n) is 10.2. The summed E-state index contributed by atoms with van der Waals surface area (Å²) in [4.78, 5) is 52.5. The van der Waals surface area contributed by atoms with E-state index in [1.54, 1.807) is 12.1 Å². The number of hydrogen-bond donors (Lipinski definition) is 2. The molecule has 8 nitrogen and oxygen atoms in total. The van der Waals surface area contributed by atoms with Crippen molar-refractivity contribution in [2.45, 2.75) is 25.4 Å². The van der Waals surface area contributed by atoms with Crippen molar-refractivity contribution < 1.29 is 19.2 Å². The topological polar surface area (TPSA) is 98.8 Å². The summed E-state index contributed by atoms with van der Waals surface area (Å²) in [5.74, 6) is 0.493. The highest BCUT2D eigenvalue weighted by Gasteiger charge is 2.52. The molecule has 4 atom stereocenters. The first-order valence-corrected chi connectivity index (χ1v) is 10.2. The summed E-state index contributed by atoms with van der Waals surface area (Å²) in [6, 6.07) is 4.41. The van der Waals surface area contributed by atoms with Crippen LogP contribution in [0, 0.1) is 17.8 Å². The number of rotatable bonds is 5. The monoisotopic (exact) mass is 396 g/mol. The van der Waals surface area contributed by atoms with E-state index in [9.17, 15) is 19.2 Å². The zero-order valence-corrected chi connectivity index (χ0v) is 16.3. The second kappa shape index (κ2) is 6.74. The Kier molecular flexibility index (Phi) is 4.29. The minimum Gasteiger partial charge on any atom is -0.316 e.